The van der Waals surface area contributed by atoms with Crippen molar-refractivity contribution in [1.82, 2.24) is 9.78 Å². The highest BCUT2D eigenvalue weighted by Gasteiger charge is 2.12. The van der Waals surface area contributed by atoms with Crippen molar-refractivity contribution in [1.29, 1.82) is 0 Å². The van der Waals surface area contributed by atoms with E-state index in [1.54, 1.807) is 13.2 Å². The summed E-state index contributed by atoms with van der Waals surface area (Å²) in [5.41, 5.74) is 8.41. The summed E-state index contributed by atoms with van der Waals surface area (Å²) in [5, 5.41) is 4.55. The number of methoxy groups -OCH3 is 1. The first kappa shape index (κ1) is 15.3. The lowest BCUT2D eigenvalue weighted by molar-refractivity contribution is 0.100. The minimum Gasteiger partial charge on any atom is -0.497 e. The Morgan fingerprint density at radius 2 is 2.00 bits per heavy atom. The molecule has 0 aliphatic carbocycles. The molecular formula is C17H17N3O2S. The Morgan fingerprint density at radius 3 is 2.61 bits per heavy atom. The Balaban J connectivity index is 1.83. The molecule has 0 aliphatic rings. The average Bonchev–Trinajstić information content (AvgIpc) is 3.15. The van der Waals surface area contributed by atoms with Crippen molar-refractivity contribution in [3.63, 3.8) is 0 Å². The zero-order valence-electron chi connectivity index (χ0n) is 12.9. The number of aryl methyl sites for hydroxylation is 1. The summed E-state index contributed by atoms with van der Waals surface area (Å²) in [7, 11) is 1.65. The van der Waals surface area contributed by atoms with E-state index in [9.17, 15) is 4.79 Å². The van der Waals surface area contributed by atoms with E-state index in [4.69, 9.17) is 10.5 Å². The molecule has 0 unspecified atom stereocenters. The first-order valence-corrected chi connectivity index (χ1v) is 7.95. The summed E-state index contributed by atoms with van der Waals surface area (Å²) in [6.07, 6.45) is 2.00. The SMILES string of the molecule is COc1ccc(Cn2cc(-c3ccc(C(N)=O)s3)c(C)n2)cc1. The summed E-state index contributed by atoms with van der Waals surface area (Å²) in [6, 6.07) is 11.6. The Bertz CT molecular complexity index is 834. The van der Waals surface area contributed by atoms with Crippen LogP contribution in [0.4, 0.5) is 0 Å². The van der Waals surface area contributed by atoms with E-state index in [2.05, 4.69) is 5.10 Å². The number of carbonyl (C=O) groups excluding carboxylic acids is 1. The maximum absolute atomic E-state index is 11.2. The van der Waals surface area contributed by atoms with Gasteiger partial charge in [0.15, 0.2) is 0 Å². The van der Waals surface area contributed by atoms with E-state index in [-0.39, 0.29) is 0 Å². The van der Waals surface area contributed by atoms with Crippen LogP contribution in [0, 0.1) is 6.92 Å². The second kappa shape index (κ2) is 6.26. The van der Waals surface area contributed by atoms with E-state index in [1.807, 2.05) is 48.1 Å². The van der Waals surface area contributed by atoms with Crippen LogP contribution in [-0.4, -0.2) is 22.8 Å². The number of carbonyl (C=O) groups is 1. The Hall–Kier alpha value is -2.60. The minimum absolute atomic E-state index is 0.399. The molecule has 0 aliphatic heterocycles. The largest absolute Gasteiger partial charge is 0.497 e. The van der Waals surface area contributed by atoms with Crippen LogP contribution in [0.1, 0.15) is 20.9 Å². The van der Waals surface area contributed by atoms with Gasteiger partial charge >= 0.3 is 0 Å². The van der Waals surface area contributed by atoms with Gasteiger partial charge in [-0.05, 0) is 36.8 Å². The van der Waals surface area contributed by atoms with Crippen molar-refractivity contribution < 1.29 is 9.53 Å². The lowest BCUT2D eigenvalue weighted by Gasteiger charge is -2.03. The van der Waals surface area contributed by atoms with Gasteiger partial charge in [-0.2, -0.15) is 5.10 Å². The fraction of sp³-hybridized carbons (Fsp3) is 0.176. The molecule has 0 saturated heterocycles. The van der Waals surface area contributed by atoms with Gasteiger partial charge in [-0.15, -0.1) is 11.3 Å². The molecule has 0 radical (unpaired) electrons. The van der Waals surface area contributed by atoms with Gasteiger partial charge in [-0.25, -0.2) is 0 Å². The molecule has 0 spiro atoms. The number of hydrogen-bond donors (Lipinski definition) is 1. The molecule has 0 bridgehead atoms. The highest BCUT2D eigenvalue weighted by atomic mass is 32.1. The average molecular weight is 327 g/mol. The van der Waals surface area contributed by atoms with Crippen molar-refractivity contribution in [3.8, 4) is 16.2 Å². The molecule has 2 heterocycles. The summed E-state index contributed by atoms with van der Waals surface area (Å²) >= 11 is 1.39. The number of rotatable bonds is 5. The molecule has 118 valence electrons. The number of ether oxygens (including phenoxy) is 1. The zero-order chi connectivity index (χ0) is 16.4. The fourth-order valence-corrected chi connectivity index (χ4v) is 3.29. The van der Waals surface area contributed by atoms with Crippen molar-refractivity contribution in [2.45, 2.75) is 13.5 Å². The van der Waals surface area contributed by atoms with Crippen LogP contribution < -0.4 is 10.5 Å². The third-order valence-electron chi connectivity index (χ3n) is 3.56. The number of aromatic nitrogens is 2. The number of nitrogens with zero attached hydrogens (tertiary/aromatic N) is 2. The molecule has 5 nitrogen and oxygen atoms in total. The van der Waals surface area contributed by atoms with Crippen LogP contribution in [0.5, 0.6) is 5.75 Å². The van der Waals surface area contributed by atoms with Gasteiger partial charge in [-0.3, -0.25) is 9.48 Å². The third kappa shape index (κ3) is 3.27. The maximum atomic E-state index is 11.2. The molecule has 23 heavy (non-hydrogen) atoms. The normalized spacial score (nSPS) is 10.7. The van der Waals surface area contributed by atoms with E-state index in [0.717, 1.165) is 27.4 Å². The van der Waals surface area contributed by atoms with E-state index in [1.165, 1.54) is 11.3 Å². The van der Waals surface area contributed by atoms with Crippen molar-refractivity contribution in [2.75, 3.05) is 7.11 Å². The summed E-state index contributed by atoms with van der Waals surface area (Å²) in [4.78, 5) is 12.8. The lowest BCUT2D eigenvalue weighted by Crippen LogP contribution is -2.07. The Labute approximate surface area is 138 Å². The van der Waals surface area contributed by atoms with Crippen LogP contribution in [0.25, 0.3) is 10.4 Å². The van der Waals surface area contributed by atoms with Gasteiger partial charge in [0.25, 0.3) is 5.91 Å². The van der Waals surface area contributed by atoms with Gasteiger partial charge in [-0.1, -0.05) is 12.1 Å². The molecule has 0 saturated carbocycles. The summed E-state index contributed by atoms with van der Waals surface area (Å²) in [5.74, 6) is 0.438. The molecule has 0 atom stereocenters. The van der Waals surface area contributed by atoms with Gasteiger partial charge in [0, 0.05) is 16.6 Å². The van der Waals surface area contributed by atoms with Crippen LogP contribution in [0.3, 0.4) is 0 Å². The van der Waals surface area contributed by atoms with E-state index >= 15 is 0 Å². The maximum Gasteiger partial charge on any atom is 0.258 e. The molecule has 3 aromatic rings. The molecule has 1 amide bonds. The quantitative estimate of drug-likeness (QED) is 0.783. The van der Waals surface area contributed by atoms with Gasteiger partial charge in [0.05, 0.1) is 24.2 Å². The molecule has 0 fully saturated rings. The Kier molecular flexibility index (Phi) is 4.16. The van der Waals surface area contributed by atoms with Crippen molar-refractivity contribution >= 4 is 17.2 Å². The molecule has 1 aromatic carbocycles. The number of thiophene rings is 1. The van der Waals surface area contributed by atoms with E-state index in [0.29, 0.717) is 11.4 Å². The predicted octanol–water partition coefficient (Wildman–Crippen LogP) is 3.08. The Morgan fingerprint density at radius 1 is 1.26 bits per heavy atom. The lowest BCUT2D eigenvalue weighted by atomic mass is 10.2. The monoisotopic (exact) mass is 327 g/mol. The van der Waals surface area contributed by atoms with Crippen LogP contribution in [0.2, 0.25) is 0 Å². The molecule has 2 N–H and O–H groups in total. The molecule has 6 heteroatoms. The third-order valence-corrected chi connectivity index (χ3v) is 4.70. The van der Waals surface area contributed by atoms with Crippen LogP contribution in [-0.2, 0) is 6.54 Å². The number of nitrogens with two attached hydrogens (primary N) is 1. The van der Waals surface area contributed by atoms with Crippen LogP contribution in [0.15, 0.2) is 42.6 Å². The second-order valence-corrected chi connectivity index (χ2v) is 6.29. The first-order chi connectivity index (χ1) is 11.1. The van der Waals surface area contributed by atoms with Gasteiger partial charge in [0.1, 0.15) is 5.75 Å². The number of hydrogen-bond acceptors (Lipinski definition) is 4. The summed E-state index contributed by atoms with van der Waals surface area (Å²) < 4.78 is 7.06. The zero-order valence-corrected chi connectivity index (χ0v) is 13.8. The highest BCUT2D eigenvalue weighted by molar-refractivity contribution is 7.17. The fourth-order valence-electron chi connectivity index (χ4n) is 2.37. The van der Waals surface area contributed by atoms with Crippen molar-refractivity contribution in [3.05, 3.63) is 58.7 Å². The number of benzene rings is 1. The highest BCUT2D eigenvalue weighted by Crippen LogP contribution is 2.30. The summed E-state index contributed by atoms with van der Waals surface area (Å²) in [6.45, 7) is 2.64. The first-order valence-electron chi connectivity index (χ1n) is 7.14. The van der Waals surface area contributed by atoms with Gasteiger partial charge < -0.3 is 10.5 Å². The molecule has 3 rings (SSSR count). The minimum atomic E-state index is -0.399. The molecule has 2 aromatic heterocycles. The van der Waals surface area contributed by atoms with Crippen molar-refractivity contribution in [2.24, 2.45) is 5.73 Å². The topological polar surface area (TPSA) is 70.1 Å². The number of primary amides is 1. The predicted molar refractivity (Wildman–Crippen MR) is 90.9 cm³/mol. The standard InChI is InChI=1S/C17H17N3O2S/c1-11-14(15-7-8-16(23-15)17(18)21)10-20(19-11)9-12-3-5-13(22-2)6-4-12/h3-8,10H,9H2,1-2H3,(H2,18,21). The number of amides is 1. The van der Waals surface area contributed by atoms with Gasteiger partial charge in [0.2, 0.25) is 0 Å². The smallest absolute Gasteiger partial charge is 0.258 e. The van der Waals surface area contributed by atoms with E-state index < -0.39 is 5.91 Å². The second-order valence-electron chi connectivity index (χ2n) is 5.20. The molecular weight excluding hydrogens is 310 g/mol. The van der Waals surface area contributed by atoms with Crippen LogP contribution >= 0.6 is 11.3 Å².